The number of carbonyl (C=O) groups excluding carboxylic acids is 2. The number of pyridine rings is 1. The predicted octanol–water partition coefficient (Wildman–Crippen LogP) is 2.59. The Morgan fingerprint density at radius 1 is 1.10 bits per heavy atom. The summed E-state index contributed by atoms with van der Waals surface area (Å²) in [6.07, 6.45) is 1.58. The number of aromatic nitrogens is 1. The standard InChI is InChI=1S/C13H11BrN4O2/c14-11-10(5-2-6-16-11)12(19)17-8-3-1-4-9(7-8)18-13(15)20/h1-7H,(H,17,19)(H3,15,18,20). The maximum atomic E-state index is 12.1. The molecule has 0 aliphatic carbocycles. The third-order valence-electron chi connectivity index (χ3n) is 2.39. The molecule has 0 saturated heterocycles. The second-order valence-electron chi connectivity index (χ2n) is 3.87. The molecule has 7 heteroatoms. The van der Waals surface area contributed by atoms with Crippen LogP contribution in [-0.4, -0.2) is 16.9 Å². The zero-order chi connectivity index (χ0) is 14.5. The van der Waals surface area contributed by atoms with E-state index in [4.69, 9.17) is 5.73 Å². The quantitative estimate of drug-likeness (QED) is 0.752. The number of benzene rings is 1. The van der Waals surface area contributed by atoms with Gasteiger partial charge in [0.25, 0.3) is 5.91 Å². The number of hydrogen-bond donors (Lipinski definition) is 3. The molecule has 1 heterocycles. The summed E-state index contributed by atoms with van der Waals surface area (Å²) in [7, 11) is 0. The number of amides is 3. The van der Waals surface area contributed by atoms with Crippen molar-refractivity contribution in [3.63, 3.8) is 0 Å². The van der Waals surface area contributed by atoms with E-state index in [1.807, 2.05) is 0 Å². The highest BCUT2D eigenvalue weighted by Crippen LogP contribution is 2.18. The second-order valence-corrected chi connectivity index (χ2v) is 4.62. The molecule has 4 N–H and O–H groups in total. The fourth-order valence-electron chi connectivity index (χ4n) is 1.57. The number of urea groups is 1. The fraction of sp³-hybridized carbons (Fsp3) is 0. The van der Waals surface area contributed by atoms with Crippen LogP contribution in [0.4, 0.5) is 16.2 Å². The topological polar surface area (TPSA) is 97.1 Å². The van der Waals surface area contributed by atoms with Crippen LogP contribution in [0.1, 0.15) is 10.4 Å². The maximum Gasteiger partial charge on any atom is 0.316 e. The third kappa shape index (κ3) is 3.55. The van der Waals surface area contributed by atoms with Crippen molar-refractivity contribution in [2.45, 2.75) is 0 Å². The number of halogens is 1. The Balaban J connectivity index is 2.16. The van der Waals surface area contributed by atoms with Gasteiger partial charge < -0.3 is 16.4 Å². The molecule has 0 unspecified atom stereocenters. The summed E-state index contributed by atoms with van der Waals surface area (Å²) in [6.45, 7) is 0. The summed E-state index contributed by atoms with van der Waals surface area (Å²) in [5, 5.41) is 5.15. The minimum absolute atomic E-state index is 0.304. The molecule has 2 aromatic rings. The maximum absolute atomic E-state index is 12.1. The highest BCUT2D eigenvalue weighted by molar-refractivity contribution is 9.10. The summed E-state index contributed by atoms with van der Waals surface area (Å²) in [4.78, 5) is 26.8. The van der Waals surface area contributed by atoms with Crippen LogP contribution < -0.4 is 16.4 Å². The van der Waals surface area contributed by atoms with E-state index in [1.165, 1.54) is 0 Å². The highest BCUT2D eigenvalue weighted by Gasteiger charge is 2.10. The Hall–Kier alpha value is -2.41. The van der Waals surface area contributed by atoms with Gasteiger partial charge in [-0.15, -0.1) is 0 Å². The number of primary amides is 1. The Bertz CT molecular complexity index is 660. The van der Waals surface area contributed by atoms with Gasteiger partial charge in [0.1, 0.15) is 4.60 Å². The molecule has 2 rings (SSSR count). The van der Waals surface area contributed by atoms with Crippen molar-refractivity contribution in [3.05, 3.63) is 52.8 Å². The van der Waals surface area contributed by atoms with Crippen molar-refractivity contribution in [3.8, 4) is 0 Å². The molecular weight excluding hydrogens is 324 g/mol. The Kier molecular flexibility index (Phi) is 4.31. The second kappa shape index (κ2) is 6.16. The molecule has 0 fully saturated rings. The van der Waals surface area contributed by atoms with Gasteiger partial charge in [-0.1, -0.05) is 6.07 Å². The van der Waals surface area contributed by atoms with Crippen LogP contribution in [0.3, 0.4) is 0 Å². The molecule has 0 spiro atoms. The summed E-state index contributed by atoms with van der Waals surface area (Å²) in [5.74, 6) is -0.304. The largest absolute Gasteiger partial charge is 0.351 e. The molecule has 0 aliphatic rings. The summed E-state index contributed by atoms with van der Waals surface area (Å²) in [6, 6.07) is 9.33. The molecule has 0 saturated carbocycles. The van der Waals surface area contributed by atoms with Gasteiger partial charge in [0.05, 0.1) is 5.56 Å². The zero-order valence-corrected chi connectivity index (χ0v) is 11.8. The van der Waals surface area contributed by atoms with E-state index in [2.05, 4.69) is 31.5 Å². The van der Waals surface area contributed by atoms with E-state index in [9.17, 15) is 9.59 Å². The third-order valence-corrected chi connectivity index (χ3v) is 3.02. The van der Waals surface area contributed by atoms with E-state index in [0.29, 0.717) is 21.5 Å². The number of nitrogens with one attached hydrogen (secondary N) is 2. The van der Waals surface area contributed by atoms with Crippen molar-refractivity contribution >= 4 is 39.2 Å². The predicted molar refractivity (Wildman–Crippen MR) is 79.5 cm³/mol. The minimum Gasteiger partial charge on any atom is -0.351 e. The van der Waals surface area contributed by atoms with Crippen LogP contribution in [0.25, 0.3) is 0 Å². The first-order valence-corrected chi connectivity index (χ1v) is 6.44. The molecule has 20 heavy (non-hydrogen) atoms. The molecule has 3 amide bonds. The zero-order valence-electron chi connectivity index (χ0n) is 10.3. The number of anilines is 2. The van der Waals surface area contributed by atoms with Crippen LogP contribution >= 0.6 is 15.9 Å². The molecule has 102 valence electrons. The van der Waals surface area contributed by atoms with Gasteiger partial charge in [-0.3, -0.25) is 4.79 Å². The SMILES string of the molecule is NC(=O)Nc1cccc(NC(=O)c2cccnc2Br)c1. The first-order chi connectivity index (χ1) is 9.56. The fourth-order valence-corrected chi connectivity index (χ4v) is 2.00. The van der Waals surface area contributed by atoms with Gasteiger partial charge in [-0.25, -0.2) is 9.78 Å². The van der Waals surface area contributed by atoms with Gasteiger partial charge in [-0.2, -0.15) is 0 Å². The Morgan fingerprint density at radius 2 is 1.80 bits per heavy atom. The Morgan fingerprint density at radius 3 is 2.45 bits per heavy atom. The van der Waals surface area contributed by atoms with Crippen LogP contribution in [0, 0.1) is 0 Å². The van der Waals surface area contributed by atoms with E-state index in [0.717, 1.165) is 0 Å². The van der Waals surface area contributed by atoms with E-state index < -0.39 is 6.03 Å². The van der Waals surface area contributed by atoms with Crippen molar-refractivity contribution in [2.24, 2.45) is 5.73 Å². The van der Waals surface area contributed by atoms with Crippen LogP contribution in [0.15, 0.2) is 47.2 Å². The number of rotatable bonds is 3. The lowest BCUT2D eigenvalue weighted by Gasteiger charge is -2.08. The van der Waals surface area contributed by atoms with E-state index in [-0.39, 0.29) is 5.91 Å². The molecule has 1 aromatic carbocycles. The number of nitrogens with two attached hydrogens (primary N) is 1. The number of nitrogens with zero attached hydrogens (tertiary/aromatic N) is 1. The first kappa shape index (κ1) is 14.0. The number of carbonyl (C=O) groups is 2. The van der Waals surface area contributed by atoms with Gasteiger partial charge in [0.15, 0.2) is 0 Å². The van der Waals surface area contributed by atoms with Gasteiger partial charge in [0, 0.05) is 17.6 Å². The van der Waals surface area contributed by atoms with Gasteiger partial charge in [0.2, 0.25) is 0 Å². The molecule has 0 aliphatic heterocycles. The summed E-state index contributed by atoms with van der Waals surface area (Å²) < 4.78 is 0.462. The lowest BCUT2D eigenvalue weighted by molar-refractivity contribution is 0.102. The van der Waals surface area contributed by atoms with Crippen molar-refractivity contribution in [1.29, 1.82) is 0 Å². The molecule has 6 nitrogen and oxygen atoms in total. The molecular formula is C13H11BrN4O2. The average molecular weight is 335 g/mol. The van der Waals surface area contributed by atoms with Crippen LogP contribution in [0.2, 0.25) is 0 Å². The highest BCUT2D eigenvalue weighted by atomic mass is 79.9. The molecule has 0 radical (unpaired) electrons. The lowest BCUT2D eigenvalue weighted by atomic mass is 10.2. The smallest absolute Gasteiger partial charge is 0.316 e. The van der Waals surface area contributed by atoms with E-state index >= 15 is 0 Å². The molecule has 1 aromatic heterocycles. The van der Waals surface area contributed by atoms with Crippen LogP contribution in [-0.2, 0) is 0 Å². The first-order valence-electron chi connectivity index (χ1n) is 5.64. The monoisotopic (exact) mass is 334 g/mol. The van der Waals surface area contributed by atoms with Crippen molar-refractivity contribution < 1.29 is 9.59 Å². The van der Waals surface area contributed by atoms with Crippen molar-refractivity contribution in [1.82, 2.24) is 4.98 Å². The van der Waals surface area contributed by atoms with Crippen molar-refractivity contribution in [2.75, 3.05) is 10.6 Å². The molecule has 0 atom stereocenters. The van der Waals surface area contributed by atoms with Gasteiger partial charge >= 0.3 is 6.03 Å². The minimum atomic E-state index is -0.663. The van der Waals surface area contributed by atoms with Gasteiger partial charge in [-0.05, 0) is 46.3 Å². The normalized spacial score (nSPS) is 9.85. The summed E-state index contributed by atoms with van der Waals surface area (Å²) in [5.41, 5.74) is 6.49. The average Bonchev–Trinajstić information content (AvgIpc) is 2.38. The van der Waals surface area contributed by atoms with E-state index in [1.54, 1.807) is 42.6 Å². The summed E-state index contributed by atoms with van der Waals surface area (Å²) >= 11 is 3.21. The Labute approximate surface area is 123 Å². The lowest BCUT2D eigenvalue weighted by Crippen LogP contribution is -2.19. The van der Waals surface area contributed by atoms with Crippen LogP contribution in [0.5, 0.6) is 0 Å². The molecule has 0 bridgehead atoms. The number of hydrogen-bond acceptors (Lipinski definition) is 3.